The van der Waals surface area contributed by atoms with Crippen LogP contribution in [0, 0.1) is 6.92 Å². The van der Waals surface area contributed by atoms with E-state index in [1.807, 2.05) is 44.2 Å². The van der Waals surface area contributed by atoms with Crippen molar-refractivity contribution in [3.63, 3.8) is 0 Å². The first-order chi connectivity index (χ1) is 11.5. The minimum Gasteiger partial charge on any atom is -0.494 e. The Morgan fingerprint density at radius 2 is 1.83 bits per heavy atom. The zero-order valence-corrected chi connectivity index (χ0v) is 14.9. The van der Waals surface area contributed by atoms with E-state index in [1.165, 1.54) is 0 Å². The number of aryl methyl sites for hydroxylation is 1. The average Bonchev–Trinajstić information content (AvgIpc) is 2.57. The number of hydrogen-bond donors (Lipinski definition) is 1. The lowest BCUT2D eigenvalue weighted by Gasteiger charge is -2.15. The molecule has 0 bridgehead atoms. The zero-order valence-electron chi connectivity index (χ0n) is 14.1. The van der Waals surface area contributed by atoms with Gasteiger partial charge in [-0.25, -0.2) is 0 Å². The molecule has 0 radical (unpaired) electrons. The molecule has 0 fully saturated rings. The highest BCUT2D eigenvalue weighted by Crippen LogP contribution is 2.22. The number of carbonyl (C=O) groups excluding carboxylic acids is 1. The molecule has 1 atom stereocenters. The maximum atomic E-state index is 12.2. The molecule has 0 heterocycles. The second kappa shape index (κ2) is 8.60. The highest BCUT2D eigenvalue weighted by atomic mass is 35.5. The van der Waals surface area contributed by atoms with Gasteiger partial charge >= 0.3 is 0 Å². The van der Waals surface area contributed by atoms with Crippen molar-refractivity contribution in [1.82, 2.24) is 5.32 Å². The van der Waals surface area contributed by atoms with Crippen molar-refractivity contribution in [1.29, 1.82) is 0 Å². The van der Waals surface area contributed by atoms with Crippen LogP contribution in [-0.4, -0.2) is 18.6 Å². The Balaban J connectivity index is 1.85. The molecule has 0 aromatic heterocycles. The van der Waals surface area contributed by atoms with Crippen LogP contribution >= 0.6 is 11.6 Å². The summed E-state index contributed by atoms with van der Waals surface area (Å²) >= 11 is 5.98. The van der Waals surface area contributed by atoms with Crippen LogP contribution in [0.25, 0.3) is 0 Å². The summed E-state index contributed by atoms with van der Waals surface area (Å²) in [6.07, 6.45) is -0.590. The van der Waals surface area contributed by atoms with Crippen molar-refractivity contribution in [3.8, 4) is 11.5 Å². The largest absolute Gasteiger partial charge is 0.494 e. The topological polar surface area (TPSA) is 47.6 Å². The summed E-state index contributed by atoms with van der Waals surface area (Å²) in [6.45, 7) is 6.63. The lowest BCUT2D eigenvalue weighted by atomic mass is 10.2. The SMILES string of the molecule is CCOc1ccc(CNC(=O)[C@@H](C)Oc2ccc(Cl)c(C)c2)cc1. The van der Waals surface area contributed by atoms with E-state index in [9.17, 15) is 4.79 Å². The molecule has 0 aliphatic rings. The molecule has 24 heavy (non-hydrogen) atoms. The smallest absolute Gasteiger partial charge is 0.261 e. The van der Waals surface area contributed by atoms with Crippen molar-refractivity contribution >= 4 is 17.5 Å². The number of ether oxygens (including phenoxy) is 2. The molecular formula is C19H22ClNO3. The Morgan fingerprint density at radius 3 is 2.46 bits per heavy atom. The number of carbonyl (C=O) groups is 1. The first-order valence-corrected chi connectivity index (χ1v) is 8.29. The fourth-order valence-electron chi connectivity index (χ4n) is 2.15. The maximum absolute atomic E-state index is 12.2. The van der Waals surface area contributed by atoms with Crippen LogP contribution in [0.1, 0.15) is 25.0 Å². The Bertz CT molecular complexity index is 686. The van der Waals surface area contributed by atoms with Crippen molar-refractivity contribution in [2.24, 2.45) is 0 Å². The van der Waals surface area contributed by atoms with Gasteiger partial charge in [-0.05, 0) is 62.2 Å². The van der Waals surface area contributed by atoms with E-state index in [2.05, 4.69) is 5.32 Å². The van der Waals surface area contributed by atoms with Gasteiger partial charge in [0.25, 0.3) is 5.91 Å². The lowest BCUT2D eigenvalue weighted by molar-refractivity contribution is -0.127. The molecule has 128 valence electrons. The van der Waals surface area contributed by atoms with Gasteiger partial charge in [0, 0.05) is 11.6 Å². The Hall–Kier alpha value is -2.20. The average molecular weight is 348 g/mol. The molecular weight excluding hydrogens is 326 g/mol. The zero-order chi connectivity index (χ0) is 17.5. The third kappa shape index (κ3) is 5.17. The Labute approximate surface area is 147 Å². The van der Waals surface area contributed by atoms with E-state index < -0.39 is 6.10 Å². The van der Waals surface area contributed by atoms with Crippen LogP contribution in [-0.2, 0) is 11.3 Å². The van der Waals surface area contributed by atoms with Gasteiger partial charge in [-0.1, -0.05) is 23.7 Å². The predicted molar refractivity (Wildman–Crippen MR) is 95.7 cm³/mol. The lowest BCUT2D eigenvalue weighted by Crippen LogP contribution is -2.35. The number of halogens is 1. The molecule has 5 heteroatoms. The van der Waals surface area contributed by atoms with E-state index in [-0.39, 0.29) is 5.91 Å². The maximum Gasteiger partial charge on any atom is 0.261 e. The fourth-order valence-corrected chi connectivity index (χ4v) is 2.27. The Morgan fingerprint density at radius 1 is 1.17 bits per heavy atom. The first-order valence-electron chi connectivity index (χ1n) is 7.92. The van der Waals surface area contributed by atoms with Crippen LogP contribution in [0.5, 0.6) is 11.5 Å². The van der Waals surface area contributed by atoms with Crippen molar-refractivity contribution in [3.05, 3.63) is 58.6 Å². The second-order valence-electron chi connectivity index (χ2n) is 5.47. The summed E-state index contributed by atoms with van der Waals surface area (Å²) in [5.41, 5.74) is 1.91. The van der Waals surface area contributed by atoms with Gasteiger partial charge in [-0.2, -0.15) is 0 Å². The normalized spacial score (nSPS) is 11.7. The number of benzene rings is 2. The van der Waals surface area contributed by atoms with Gasteiger partial charge in [0.2, 0.25) is 0 Å². The van der Waals surface area contributed by atoms with Gasteiger partial charge in [0.1, 0.15) is 11.5 Å². The summed E-state index contributed by atoms with van der Waals surface area (Å²) in [7, 11) is 0. The summed E-state index contributed by atoms with van der Waals surface area (Å²) in [6, 6.07) is 13.0. The van der Waals surface area contributed by atoms with Gasteiger partial charge in [-0.3, -0.25) is 4.79 Å². The van der Waals surface area contributed by atoms with Crippen LogP contribution < -0.4 is 14.8 Å². The Kier molecular flexibility index (Phi) is 6.50. The van der Waals surface area contributed by atoms with E-state index in [0.29, 0.717) is 23.9 Å². The predicted octanol–water partition coefficient (Wildman–Crippen LogP) is 4.13. The molecule has 0 spiro atoms. The summed E-state index contributed by atoms with van der Waals surface area (Å²) in [5, 5.41) is 3.54. The molecule has 0 saturated carbocycles. The monoisotopic (exact) mass is 347 g/mol. The first kappa shape index (κ1) is 18.1. The van der Waals surface area contributed by atoms with E-state index >= 15 is 0 Å². The molecule has 1 amide bonds. The van der Waals surface area contributed by atoms with Gasteiger partial charge in [0.05, 0.1) is 6.61 Å². The second-order valence-corrected chi connectivity index (χ2v) is 5.87. The summed E-state index contributed by atoms with van der Waals surface area (Å²) in [5.74, 6) is 1.28. The molecule has 1 N–H and O–H groups in total. The van der Waals surface area contributed by atoms with E-state index in [4.69, 9.17) is 21.1 Å². The molecule has 0 aliphatic carbocycles. The van der Waals surface area contributed by atoms with E-state index in [1.54, 1.807) is 19.1 Å². The van der Waals surface area contributed by atoms with Gasteiger partial charge in [-0.15, -0.1) is 0 Å². The number of hydrogen-bond acceptors (Lipinski definition) is 3. The molecule has 4 nitrogen and oxygen atoms in total. The molecule has 0 unspecified atom stereocenters. The van der Waals surface area contributed by atoms with Crippen molar-refractivity contribution in [2.45, 2.75) is 33.4 Å². The van der Waals surface area contributed by atoms with Crippen LogP contribution in [0.2, 0.25) is 5.02 Å². The minimum absolute atomic E-state index is 0.170. The van der Waals surface area contributed by atoms with Crippen molar-refractivity contribution < 1.29 is 14.3 Å². The van der Waals surface area contributed by atoms with Gasteiger partial charge in [0.15, 0.2) is 6.10 Å². The third-order valence-electron chi connectivity index (χ3n) is 3.51. The molecule has 2 aromatic rings. The van der Waals surface area contributed by atoms with Crippen LogP contribution in [0.15, 0.2) is 42.5 Å². The van der Waals surface area contributed by atoms with Crippen molar-refractivity contribution in [2.75, 3.05) is 6.61 Å². The fraction of sp³-hybridized carbons (Fsp3) is 0.316. The number of amides is 1. The van der Waals surface area contributed by atoms with E-state index in [0.717, 1.165) is 16.9 Å². The minimum atomic E-state index is -0.590. The molecule has 0 aliphatic heterocycles. The summed E-state index contributed by atoms with van der Waals surface area (Å²) in [4.78, 5) is 12.2. The molecule has 2 rings (SSSR count). The quantitative estimate of drug-likeness (QED) is 0.819. The molecule has 2 aromatic carbocycles. The van der Waals surface area contributed by atoms with Crippen LogP contribution in [0.4, 0.5) is 0 Å². The summed E-state index contributed by atoms with van der Waals surface area (Å²) < 4.78 is 11.1. The van der Waals surface area contributed by atoms with Gasteiger partial charge < -0.3 is 14.8 Å². The number of rotatable bonds is 7. The highest BCUT2D eigenvalue weighted by Gasteiger charge is 2.14. The van der Waals surface area contributed by atoms with Crippen LogP contribution in [0.3, 0.4) is 0 Å². The number of nitrogens with one attached hydrogen (secondary N) is 1. The third-order valence-corrected chi connectivity index (χ3v) is 3.94. The molecule has 0 saturated heterocycles. The highest BCUT2D eigenvalue weighted by molar-refractivity contribution is 6.31. The standard InChI is InChI=1S/C19H22ClNO3/c1-4-23-16-7-5-15(6-8-16)12-21-19(22)14(3)24-17-9-10-18(20)13(2)11-17/h5-11,14H,4,12H2,1-3H3,(H,21,22)/t14-/m1/s1.